The fourth-order valence-electron chi connectivity index (χ4n) is 7.40. The molecular formula is C44H26N4. The van der Waals surface area contributed by atoms with Crippen molar-refractivity contribution in [2.45, 2.75) is 0 Å². The van der Waals surface area contributed by atoms with E-state index in [1.54, 1.807) is 12.1 Å². The Labute approximate surface area is 277 Å². The lowest BCUT2D eigenvalue weighted by Gasteiger charge is -2.17. The smallest absolute Gasteiger partial charge is 0.101 e. The van der Waals surface area contributed by atoms with E-state index in [-0.39, 0.29) is 0 Å². The van der Waals surface area contributed by atoms with Gasteiger partial charge in [0.2, 0.25) is 0 Å². The summed E-state index contributed by atoms with van der Waals surface area (Å²) >= 11 is 0. The summed E-state index contributed by atoms with van der Waals surface area (Å²) < 4.78 is 4.52. The highest BCUT2D eigenvalue weighted by molar-refractivity contribution is 6.17. The maximum absolute atomic E-state index is 10.5. The van der Waals surface area contributed by atoms with Crippen molar-refractivity contribution in [3.8, 4) is 45.8 Å². The van der Waals surface area contributed by atoms with E-state index in [0.717, 1.165) is 55.3 Å². The van der Waals surface area contributed by atoms with Gasteiger partial charge in [0.1, 0.15) is 6.07 Å². The fourth-order valence-corrected chi connectivity index (χ4v) is 7.40. The largest absolute Gasteiger partial charge is 0.309 e. The first-order chi connectivity index (χ1) is 23.8. The second-order valence-corrected chi connectivity index (χ2v) is 11.9. The molecule has 0 atom stereocenters. The van der Waals surface area contributed by atoms with Crippen LogP contribution in [0.2, 0.25) is 0 Å². The summed E-state index contributed by atoms with van der Waals surface area (Å²) in [6, 6.07) is 58.8. The minimum absolute atomic E-state index is 0.509. The SMILES string of the molecule is N#Cc1ccc(C#N)c(-n2c3ccccc3c3c(-c4ccc5c6ccccc6n(-c6ccccc6)c5c4)cccc32)c1-c1ccccc1. The molecule has 0 spiro atoms. The van der Waals surface area contributed by atoms with Gasteiger partial charge in [-0.2, -0.15) is 10.5 Å². The molecule has 48 heavy (non-hydrogen) atoms. The Morgan fingerprint density at radius 3 is 1.77 bits per heavy atom. The highest BCUT2D eigenvalue weighted by atomic mass is 15.0. The number of nitrogens with zero attached hydrogens (tertiary/aromatic N) is 4. The van der Waals surface area contributed by atoms with Gasteiger partial charge in [0, 0.05) is 32.8 Å². The zero-order valence-electron chi connectivity index (χ0n) is 25.8. The summed E-state index contributed by atoms with van der Waals surface area (Å²) in [7, 11) is 0. The molecule has 7 aromatic carbocycles. The van der Waals surface area contributed by atoms with Crippen LogP contribution in [0.15, 0.2) is 158 Å². The van der Waals surface area contributed by atoms with E-state index in [4.69, 9.17) is 0 Å². The zero-order valence-corrected chi connectivity index (χ0v) is 25.8. The van der Waals surface area contributed by atoms with Crippen LogP contribution in [0, 0.1) is 22.7 Å². The third kappa shape index (κ3) is 4.01. The molecule has 0 unspecified atom stereocenters. The normalized spacial score (nSPS) is 11.3. The van der Waals surface area contributed by atoms with Gasteiger partial charge in [-0.3, -0.25) is 0 Å². The third-order valence-corrected chi connectivity index (χ3v) is 9.40. The second-order valence-electron chi connectivity index (χ2n) is 11.9. The third-order valence-electron chi connectivity index (χ3n) is 9.40. The van der Waals surface area contributed by atoms with Crippen LogP contribution in [0.1, 0.15) is 11.1 Å². The second kappa shape index (κ2) is 10.9. The lowest BCUT2D eigenvalue weighted by atomic mass is 9.95. The van der Waals surface area contributed by atoms with Crippen LogP contribution in [0.4, 0.5) is 0 Å². The van der Waals surface area contributed by atoms with Gasteiger partial charge in [-0.25, -0.2) is 0 Å². The van der Waals surface area contributed by atoms with Crippen LogP contribution in [0.25, 0.3) is 77.2 Å². The molecule has 9 aromatic rings. The number of hydrogen-bond acceptors (Lipinski definition) is 2. The maximum atomic E-state index is 10.5. The summed E-state index contributed by atoms with van der Waals surface area (Å²) in [4.78, 5) is 0. The fraction of sp³-hybridized carbons (Fsp3) is 0. The molecule has 0 amide bonds. The Bertz CT molecular complexity index is 2790. The van der Waals surface area contributed by atoms with Crippen LogP contribution in [0.3, 0.4) is 0 Å². The molecule has 222 valence electrons. The summed E-state index contributed by atoms with van der Waals surface area (Å²) in [5, 5.41) is 25.3. The molecule has 0 radical (unpaired) electrons. The predicted octanol–water partition coefficient (Wildman–Crippen LogP) is 11.0. The molecule has 0 aliphatic carbocycles. The monoisotopic (exact) mass is 610 g/mol. The van der Waals surface area contributed by atoms with E-state index in [1.807, 2.05) is 42.5 Å². The molecule has 0 aliphatic heterocycles. The molecule has 0 N–H and O–H groups in total. The number of rotatable bonds is 4. The van der Waals surface area contributed by atoms with Gasteiger partial charge < -0.3 is 9.13 Å². The number of para-hydroxylation sites is 3. The predicted molar refractivity (Wildman–Crippen MR) is 195 cm³/mol. The van der Waals surface area contributed by atoms with Crippen LogP contribution in [-0.2, 0) is 0 Å². The zero-order chi connectivity index (χ0) is 32.2. The first-order valence-electron chi connectivity index (χ1n) is 15.9. The lowest BCUT2D eigenvalue weighted by Crippen LogP contribution is -2.03. The number of aromatic nitrogens is 2. The van der Waals surface area contributed by atoms with Crippen molar-refractivity contribution >= 4 is 43.6 Å². The van der Waals surface area contributed by atoms with Gasteiger partial charge in [-0.1, -0.05) is 109 Å². The van der Waals surface area contributed by atoms with E-state index in [2.05, 4.69) is 124 Å². The van der Waals surface area contributed by atoms with Crippen molar-refractivity contribution in [3.05, 3.63) is 169 Å². The van der Waals surface area contributed by atoms with Crippen molar-refractivity contribution in [1.29, 1.82) is 10.5 Å². The number of hydrogen-bond donors (Lipinski definition) is 0. The molecule has 4 heteroatoms. The van der Waals surface area contributed by atoms with Crippen LogP contribution < -0.4 is 0 Å². The molecule has 0 saturated carbocycles. The Kier molecular flexibility index (Phi) is 6.22. The molecule has 0 aliphatic rings. The average Bonchev–Trinajstić information content (AvgIpc) is 3.67. The molecule has 0 fully saturated rings. The van der Waals surface area contributed by atoms with E-state index in [1.165, 1.54) is 16.3 Å². The standard InChI is InChI=1S/C44H26N4/c45-27-31-22-23-32(28-46)44(42(31)29-12-3-1-4-13-29)48-39-20-10-8-17-37(39)43-34(18-11-21-40(43)48)30-24-25-36-35-16-7-9-19-38(35)47(41(36)26-30)33-14-5-2-6-15-33/h1-26H. The van der Waals surface area contributed by atoms with Gasteiger partial charge in [0.25, 0.3) is 0 Å². The van der Waals surface area contributed by atoms with Crippen molar-refractivity contribution in [2.75, 3.05) is 0 Å². The number of nitriles is 2. The lowest BCUT2D eigenvalue weighted by molar-refractivity contribution is 1.17. The van der Waals surface area contributed by atoms with Gasteiger partial charge in [0.15, 0.2) is 0 Å². The van der Waals surface area contributed by atoms with E-state index in [9.17, 15) is 10.5 Å². The van der Waals surface area contributed by atoms with E-state index in [0.29, 0.717) is 16.8 Å². The van der Waals surface area contributed by atoms with E-state index >= 15 is 0 Å². The van der Waals surface area contributed by atoms with Crippen molar-refractivity contribution in [3.63, 3.8) is 0 Å². The van der Waals surface area contributed by atoms with Crippen LogP contribution >= 0.6 is 0 Å². The van der Waals surface area contributed by atoms with Crippen molar-refractivity contribution in [1.82, 2.24) is 9.13 Å². The Balaban J connectivity index is 1.38. The quantitative estimate of drug-likeness (QED) is 0.199. The molecule has 2 heterocycles. The Morgan fingerprint density at radius 1 is 0.417 bits per heavy atom. The molecule has 4 nitrogen and oxygen atoms in total. The molecule has 9 rings (SSSR count). The Morgan fingerprint density at radius 2 is 1.02 bits per heavy atom. The maximum Gasteiger partial charge on any atom is 0.101 e. The number of fused-ring (bicyclic) bond motifs is 6. The van der Waals surface area contributed by atoms with Gasteiger partial charge >= 0.3 is 0 Å². The topological polar surface area (TPSA) is 57.4 Å². The summed E-state index contributed by atoms with van der Waals surface area (Å²) in [6.45, 7) is 0. The Hall–Kier alpha value is -6.88. The molecule has 0 bridgehead atoms. The number of benzene rings is 7. The minimum atomic E-state index is 0.509. The highest BCUT2D eigenvalue weighted by Gasteiger charge is 2.23. The average molecular weight is 611 g/mol. The van der Waals surface area contributed by atoms with Crippen LogP contribution in [-0.4, -0.2) is 9.13 Å². The summed E-state index contributed by atoms with van der Waals surface area (Å²) in [5.41, 5.74) is 11.0. The summed E-state index contributed by atoms with van der Waals surface area (Å²) in [6.07, 6.45) is 0. The van der Waals surface area contributed by atoms with Gasteiger partial charge in [-0.15, -0.1) is 0 Å². The molecule has 0 saturated heterocycles. The van der Waals surface area contributed by atoms with Crippen molar-refractivity contribution in [2.24, 2.45) is 0 Å². The van der Waals surface area contributed by atoms with E-state index < -0.39 is 0 Å². The van der Waals surface area contributed by atoms with Gasteiger partial charge in [-0.05, 0) is 65.2 Å². The van der Waals surface area contributed by atoms with Crippen LogP contribution in [0.5, 0.6) is 0 Å². The van der Waals surface area contributed by atoms with Gasteiger partial charge in [0.05, 0.1) is 45.0 Å². The summed E-state index contributed by atoms with van der Waals surface area (Å²) in [5.74, 6) is 0. The first-order valence-corrected chi connectivity index (χ1v) is 15.9. The first kappa shape index (κ1) is 27.4. The molecule has 2 aromatic heterocycles. The minimum Gasteiger partial charge on any atom is -0.309 e. The van der Waals surface area contributed by atoms with Crippen molar-refractivity contribution < 1.29 is 0 Å². The molecular weight excluding hydrogens is 585 g/mol. The highest BCUT2D eigenvalue weighted by Crippen LogP contribution is 2.43.